The second kappa shape index (κ2) is 6.68. The minimum Gasteiger partial charge on any atom is -0.495 e. The Labute approximate surface area is 154 Å². The molecule has 0 aliphatic carbocycles. The molecule has 25 heavy (non-hydrogen) atoms. The summed E-state index contributed by atoms with van der Waals surface area (Å²) in [6, 6.07) is 11.3. The summed E-state index contributed by atoms with van der Waals surface area (Å²) in [5.74, 6) is 0.546. The third-order valence-corrected chi connectivity index (χ3v) is 5.09. The van der Waals surface area contributed by atoms with Crippen LogP contribution in [0.3, 0.4) is 0 Å². The fraction of sp³-hybridized carbons (Fsp3) is 0.0625. The minimum absolute atomic E-state index is 0.0245. The van der Waals surface area contributed by atoms with Crippen molar-refractivity contribution in [3.63, 3.8) is 0 Å². The van der Waals surface area contributed by atoms with Crippen LogP contribution in [0.15, 0.2) is 53.7 Å². The van der Waals surface area contributed by atoms with Gasteiger partial charge in [-0.1, -0.05) is 23.2 Å². The van der Waals surface area contributed by atoms with E-state index in [0.717, 1.165) is 5.56 Å². The molecule has 0 bridgehead atoms. The summed E-state index contributed by atoms with van der Waals surface area (Å²) < 4.78 is 29.6. The van der Waals surface area contributed by atoms with Crippen LogP contribution in [0.4, 0.5) is 0 Å². The standard InChI is InChI=1S/C16H13Cl2N3O3S/c1-24-14-7-2-10(8-13(14)17)15-16(18)20-9-21(15)11-3-5-12(6-4-11)25(19,22)23/h2-9H,1H3,(H2,19,22,23). The molecule has 0 amide bonds. The molecule has 0 aliphatic heterocycles. The van der Waals surface area contributed by atoms with Gasteiger partial charge in [0.25, 0.3) is 0 Å². The number of hydrogen-bond donors (Lipinski definition) is 1. The number of aromatic nitrogens is 2. The number of methoxy groups -OCH3 is 1. The third kappa shape index (κ3) is 3.50. The molecule has 130 valence electrons. The number of rotatable bonds is 4. The fourth-order valence-electron chi connectivity index (χ4n) is 2.39. The highest BCUT2D eigenvalue weighted by Crippen LogP contribution is 2.34. The lowest BCUT2D eigenvalue weighted by atomic mass is 10.1. The van der Waals surface area contributed by atoms with Crippen molar-refractivity contribution in [2.24, 2.45) is 5.14 Å². The van der Waals surface area contributed by atoms with E-state index < -0.39 is 10.0 Å². The Morgan fingerprint density at radius 2 is 1.80 bits per heavy atom. The van der Waals surface area contributed by atoms with Crippen LogP contribution < -0.4 is 9.88 Å². The van der Waals surface area contributed by atoms with Crippen molar-refractivity contribution in [1.29, 1.82) is 0 Å². The highest BCUT2D eigenvalue weighted by atomic mass is 35.5. The first-order chi connectivity index (χ1) is 11.8. The zero-order valence-corrected chi connectivity index (χ0v) is 15.3. The van der Waals surface area contributed by atoms with Gasteiger partial charge in [0.2, 0.25) is 10.0 Å². The minimum atomic E-state index is -3.75. The molecule has 0 atom stereocenters. The molecule has 0 radical (unpaired) electrons. The van der Waals surface area contributed by atoms with E-state index in [0.29, 0.717) is 22.2 Å². The number of nitrogens with two attached hydrogens (primary N) is 1. The summed E-state index contributed by atoms with van der Waals surface area (Å²) in [6.07, 6.45) is 1.54. The van der Waals surface area contributed by atoms with Crippen LogP contribution in [0.25, 0.3) is 16.9 Å². The highest BCUT2D eigenvalue weighted by Gasteiger charge is 2.15. The molecular formula is C16H13Cl2N3O3S. The fourth-order valence-corrected chi connectivity index (χ4v) is 3.41. The van der Waals surface area contributed by atoms with Crippen LogP contribution in [0, 0.1) is 0 Å². The highest BCUT2D eigenvalue weighted by molar-refractivity contribution is 7.89. The molecule has 6 nitrogen and oxygen atoms in total. The van der Waals surface area contributed by atoms with Crippen LogP contribution in [-0.2, 0) is 10.0 Å². The van der Waals surface area contributed by atoms with E-state index in [9.17, 15) is 8.42 Å². The van der Waals surface area contributed by atoms with Gasteiger partial charge in [-0.3, -0.25) is 4.57 Å². The first-order valence-electron chi connectivity index (χ1n) is 7.01. The molecule has 0 fully saturated rings. The molecule has 1 aromatic heterocycles. The SMILES string of the molecule is COc1ccc(-c2c(Cl)ncn2-c2ccc(S(N)(=O)=O)cc2)cc1Cl. The predicted octanol–water partition coefficient (Wildman–Crippen LogP) is 3.50. The van der Waals surface area contributed by atoms with E-state index in [4.69, 9.17) is 33.1 Å². The van der Waals surface area contributed by atoms with E-state index in [1.807, 2.05) is 6.07 Å². The normalized spacial score (nSPS) is 11.5. The lowest BCUT2D eigenvalue weighted by Crippen LogP contribution is -2.12. The summed E-state index contributed by atoms with van der Waals surface area (Å²) >= 11 is 12.4. The largest absolute Gasteiger partial charge is 0.495 e. The first-order valence-corrected chi connectivity index (χ1v) is 9.31. The first kappa shape index (κ1) is 17.8. The van der Waals surface area contributed by atoms with Gasteiger partial charge in [0, 0.05) is 11.3 Å². The van der Waals surface area contributed by atoms with Crippen molar-refractivity contribution < 1.29 is 13.2 Å². The molecule has 0 saturated carbocycles. The van der Waals surface area contributed by atoms with Crippen LogP contribution in [-0.4, -0.2) is 25.1 Å². The Bertz CT molecular complexity index is 1030. The number of sulfonamides is 1. The molecular weight excluding hydrogens is 385 g/mol. The Balaban J connectivity index is 2.10. The second-order valence-corrected chi connectivity index (χ2v) is 7.47. The maximum atomic E-state index is 11.4. The number of benzene rings is 2. The van der Waals surface area contributed by atoms with Gasteiger partial charge in [-0.15, -0.1) is 0 Å². The maximum Gasteiger partial charge on any atom is 0.238 e. The molecule has 3 rings (SSSR count). The number of primary sulfonamides is 1. The van der Waals surface area contributed by atoms with Gasteiger partial charge in [-0.25, -0.2) is 18.5 Å². The third-order valence-electron chi connectivity index (χ3n) is 3.59. The topological polar surface area (TPSA) is 87.2 Å². The number of ether oxygens (including phenoxy) is 1. The Morgan fingerprint density at radius 1 is 1.12 bits per heavy atom. The summed E-state index contributed by atoms with van der Waals surface area (Å²) in [7, 11) is -2.22. The molecule has 0 spiro atoms. The molecule has 2 aromatic carbocycles. The summed E-state index contributed by atoms with van der Waals surface area (Å²) in [5.41, 5.74) is 2.03. The van der Waals surface area contributed by atoms with Crippen molar-refractivity contribution in [3.05, 3.63) is 59.0 Å². The van der Waals surface area contributed by atoms with E-state index >= 15 is 0 Å². The molecule has 0 aliphatic rings. The van der Waals surface area contributed by atoms with Gasteiger partial charge in [0.05, 0.1) is 22.7 Å². The number of nitrogens with zero attached hydrogens (tertiary/aromatic N) is 2. The molecule has 1 heterocycles. The smallest absolute Gasteiger partial charge is 0.238 e. The van der Waals surface area contributed by atoms with Gasteiger partial charge in [0.1, 0.15) is 12.1 Å². The van der Waals surface area contributed by atoms with Gasteiger partial charge in [-0.2, -0.15) is 0 Å². The number of hydrogen-bond acceptors (Lipinski definition) is 4. The number of imidazole rings is 1. The van der Waals surface area contributed by atoms with Crippen molar-refractivity contribution in [2.45, 2.75) is 4.90 Å². The molecule has 9 heteroatoms. The van der Waals surface area contributed by atoms with Gasteiger partial charge >= 0.3 is 0 Å². The van der Waals surface area contributed by atoms with E-state index in [1.165, 1.54) is 19.2 Å². The average molecular weight is 398 g/mol. The molecule has 0 saturated heterocycles. The van der Waals surface area contributed by atoms with Crippen LogP contribution in [0.5, 0.6) is 5.75 Å². The number of halogens is 2. The Morgan fingerprint density at radius 3 is 2.36 bits per heavy atom. The Hall–Kier alpha value is -2.06. The van der Waals surface area contributed by atoms with E-state index in [-0.39, 0.29) is 10.0 Å². The van der Waals surface area contributed by atoms with Crippen LogP contribution in [0.2, 0.25) is 10.2 Å². The van der Waals surface area contributed by atoms with Crippen molar-refractivity contribution >= 4 is 33.2 Å². The zero-order chi connectivity index (χ0) is 18.2. The van der Waals surface area contributed by atoms with Crippen molar-refractivity contribution in [1.82, 2.24) is 9.55 Å². The molecule has 0 unspecified atom stereocenters. The summed E-state index contributed by atoms with van der Waals surface area (Å²) in [4.78, 5) is 4.15. The van der Waals surface area contributed by atoms with Gasteiger partial charge < -0.3 is 4.74 Å². The zero-order valence-electron chi connectivity index (χ0n) is 13.0. The van der Waals surface area contributed by atoms with E-state index in [2.05, 4.69) is 4.98 Å². The average Bonchev–Trinajstić information content (AvgIpc) is 2.95. The van der Waals surface area contributed by atoms with Crippen molar-refractivity contribution in [3.8, 4) is 22.7 Å². The molecule has 3 aromatic rings. The summed E-state index contributed by atoms with van der Waals surface area (Å²) in [6.45, 7) is 0. The monoisotopic (exact) mass is 397 g/mol. The van der Waals surface area contributed by atoms with Crippen LogP contribution >= 0.6 is 23.2 Å². The van der Waals surface area contributed by atoms with Crippen molar-refractivity contribution in [2.75, 3.05) is 7.11 Å². The Kier molecular flexibility index (Phi) is 4.75. The maximum absolute atomic E-state index is 11.4. The lowest BCUT2D eigenvalue weighted by Gasteiger charge is -2.11. The molecule has 2 N–H and O–H groups in total. The van der Waals surface area contributed by atoms with Gasteiger partial charge in [-0.05, 0) is 42.5 Å². The van der Waals surface area contributed by atoms with Crippen LogP contribution in [0.1, 0.15) is 0 Å². The quantitative estimate of drug-likeness (QED) is 0.729. The lowest BCUT2D eigenvalue weighted by molar-refractivity contribution is 0.415. The van der Waals surface area contributed by atoms with E-state index in [1.54, 1.807) is 35.2 Å². The predicted molar refractivity (Wildman–Crippen MR) is 96.9 cm³/mol. The second-order valence-electron chi connectivity index (χ2n) is 5.14. The van der Waals surface area contributed by atoms with Gasteiger partial charge in [0.15, 0.2) is 5.15 Å². The summed E-state index contributed by atoms with van der Waals surface area (Å²) in [5, 5.41) is 5.85.